The summed E-state index contributed by atoms with van der Waals surface area (Å²) in [5.41, 5.74) is 1.88. The maximum absolute atomic E-state index is 12.9. The van der Waals surface area contributed by atoms with Crippen LogP contribution in [0.3, 0.4) is 0 Å². The molecule has 1 atom stereocenters. The summed E-state index contributed by atoms with van der Waals surface area (Å²) in [6.45, 7) is 5.02. The molecular weight excluding hydrogens is 412 g/mol. The lowest BCUT2D eigenvalue weighted by Gasteiger charge is -2.29. The number of piperidine rings is 1. The van der Waals surface area contributed by atoms with E-state index in [-0.39, 0.29) is 17.7 Å². The number of thiophene rings is 1. The van der Waals surface area contributed by atoms with Crippen molar-refractivity contribution in [2.75, 3.05) is 31.6 Å². The lowest BCUT2D eigenvalue weighted by Crippen LogP contribution is -2.37. The third-order valence-corrected chi connectivity index (χ3v) is 7.77. The summed E-state index contributed by atoms with van der Waals surface area (Å²) >= 11 is 1.62. The van der Waals surface area contributed by atoms with Crippen LogP contribution in [0, 0.1) is 11.8 Å². The molecule has 3 aliphatic rings. The first-order valence-electron chi connectivity index (χ1n) is 11.2. The molecule has 1 N–H and O–H groups in total. The van der Waals surface area contributed by atoms with Gasteiger partial charge in [0.2, 0.25) is 5.91 Å². The van der Waals surface area contributed by atoms with Crippen LogP contribution in [0.5, 0.6) is 11.5 Å². The summed E-state index contributed by atoms with van der Waals surface area (Å²) < 4.78 is 11.1. The van der Waals surface area contributed by atoms with Gasteiger partial charge < -0.3 is 19.7 Å². The molecular formula is C24H28N2O4S. The van der Waals surface area contributed by atoms with Crippen molar-refractivity contribution in [3.63, 3.8) is 0 Å². The Labute approximate surface area is 186 Å². The molecule has 31 heavy (non-hydrogen) atoms. The number of likely N-dealkylation sites (tertiary alicyclic amines) is 1. The zero-order valence-electron chi connectivity index (χ0n) is 17.8. The molecule has 0 spiro atoms. The van der Waals surface area contributed by atoms with Crippen molar-refractivity contribution in [1.82, 2.24) is 4.90 Å². The number of carbonyl (C=O) groups is 2. The molecule has 7 heteroatoms. The lowest BCUT2D eigenvalue weighted by atomic mass is 9.87. The standard InChI is InChI=1S/C24H28N2O4S/c1-15-6-8-26(9-7-15)24(28)22-13-17-12-16(2-5-21(17)31-22)23(27)25-18-3-4-19-20(14-18)30-11-10-29-19/h3-4,13-16H,2,5-12H2,1H3,(H,25,27)/t16-/m1/s1. The summed E-state index contributed by atoms with van der Waals surface area (Å²) in [5.74, 6) is 2.17. The molecule has 0 saturated carbocycles. The maximum Gasteiger partial charge on any atom is 0.263 e. The van der Waals surface area contributed by atoms with Crippen LogP contribution in [0.1, 0.15) is 46.3 Å². The number of benzene rings is 1. The second-order valence-electron chi connectivity index (χ2n) is 8.82. The van der Waals surface area contributed by atoms with Crippen LogP contribution < -0.4 is 14.8 Å². The van der Waals surface area contributed by atoms with Gasteiger partial charge in [-0.3, -0.25) is 9.59 Å². The van der Waals surface area contributed by atoms with E-state index in [1.54, 1.807) is 11.3 Å². The smallest absolute Gasteiger partial charge is 0.263 e. The zero-order chi connectivity index (χ0) is 21.4. The van der Waals surface area contributed by atoms with Gasteiger partial charge in [-0.15, -0.1) is 11.3 Å². The second kappa shape index (κ2) is 8.54. The van der Waals surface area contributed by atoms with Gasteiger partial charge in [-0.1, -0.05) is 6.92 Å². The maximum atomic E-state index is 12.9. The van der Waals surface area contributed by atoms with E-state index in [4.69, 9.17) is 9.47 Å². The third-order valence-electron chi connectivity index (χ3n) is 6.54. The fourth-order valence-electron chi connectivity index (χ4n) is 4.59. The monoisotopic (exact) mass is 440 g/mol. The van der Waals surface area contributed by atoms with Gasteiger partial charge in [0.05, 0.1) is 4.88 Å². The molecule has 1 aliphatic carbocycles. The molecule has 6 nitrogen and oxygen atoms in total. The van der Waals surface area contributed by atoms with Crippen molar-refractivity contribution < 1.29 is 19.1 Å². The number of nitrogens with zero attached hydrogens (tertiary/aromatic N) is 1. The number of ether oxygens (including phenoxy) is 2. The number of aryl methyl sites for hydroxylation is 1. The number of carbonyl (C=O) groups excluding carboxylic acids is 2. The van der Waals surface area contributed by atoms with E-state index in [0.29, 0.717) is 37.1 Å². The summed E-state index contributed by atoms with van der Waals surface area (Å²) in [6.07, 6.45) is 4.51. The Balaban J connectivity index is 1.23. The molecule has 2 amide bonds. The van der Waals surface area contributed by atoms with Crippen molar-refractivity contribution in [2.24, 2.45) is 11.8 Å². The minimum absolute atomic E-state index is 0.0198. The molecule has 0 radical (unpaired) electrons. The van der Waals surface area contributed by atoms with Crippen LogP contribution >= 0.6 is 11.3 Å². The average Bonchev–Trinajstić information content (AvgIpc) is 3.22. The second-order valence-corrected chi connectivity index (χ2v) is 9.96. The first-order valence-corrected chi connectivity index (χ1v) is 12.0. The number of anilines is 1. The predicted octanol–water partition coefficient (Wildman–Crippen LogP) is 4.14. The molecule has 1 saturated heterocycles. The largest absolute Gasteiger partial charge is 0.486 e. The van der Waals surface area contributed by atoms with E-state index in [1.807, 2.05) is 29.2 Å². The Kier molecular flexibility index (Phi) is 5.61. The van der Waals surface area contributed by atoms with Crippen LogP contribution in [0.4, 0.5) is 5.69 Å². The molecule has 164 valence electrons. The van der Waals surface area contributed by atoms with Crippen molar-refractivity contribution in [3.8, 4) is 11.5 Å². The Morgan fingerprint density at radius 1 is 1.06 bits per heavy atom. The highest BCUT2D eigenvalue weighted by Crippen LogP contribution is 2.35. The molecule has 0 unspecified atom stereocenters. The minimum atomic E-state index is -0.0888. The van der Waals surface area contributed by atoms with Crippen LogP contribution in [0.15, 0.2) is 24.3 Å². The van der Waals surface area contributed by atoms with E-state index in [1.165, 1.54) is 4.88 Å². The van der Waals surface area contributed by atoms with Crippen LogP contribution in [-0.2, 0) is 17.6 Å². The van der Waals surface area contributed by atoms with Gasteiger partial charge in [-0.05, 0) is 61.8 Å². The quantitative estimate of drug-likeness (QED) is 0.779. The number of nitrogens with one attached hydrogen (secondary N) is 1. The van der Waals surface area contributed by atoms with E-state index < -0.39 is 0 Å². The fourth-order valence-corrected chi connectivity index (χ4v) is 5.76. The van der Waals surface area contributed by atoms with Gasteiger partial charge in [0.25, 0.3) is 5.91 Å². The fraction of sp³-hybridized carbons (Fsp3) is 0.500. The summed E-state index contributed by atoms with van der Waals surface area (Å²) in [7, 11) is 0. The summed E-state index contributed by atoms with van der Waals surface area (Å²) in [5, 5.41) is 3.03. The third kappa shape index (κ3) is 4.28. The number of fused-ring (bicyclic) bond motifs is 2. The van der Waals surface area contributed by atoms with Gasteiger partial charge in [-0.2, -0.15) is 0 Å². The number of rotatable bonds is 3. The molecule has 1 aromatic carbocycles. The SMILES string of the molecule is CC1CCN(C(=O)c2cc3c(s2)CC[C@@H](C(=O)Nc2ccc4c(c2)OCCO4)C3)CC1. The molecule has 1 fully saturated rings. The van der Waals surface area contributed by atoms with Gasteiger partial charge in [0, 0.05) is 35.6 Å². The molecule has 0 bridgehead atoms. The van der Waals surface area contributed by atoms with Crippen LogP contribution in [0.2, 0.25) is 0 Å². The van der Waals surface area contributed by atoms with Gasteiger partial charge in [0.1, 0.15) is 13.2 Å². The normalized spacial score (nSPS) is 20.8. The predicted molar refractivity (Wildman–Crippen MR) is 120 cm³/mol. The van der Waals surface area contributed by atoms with E-state index >= 15 is 0 Å². The molecule has 3 heterocycles. The Hall–Kier alpha value is -2.54. The highest BCUT2D eigenvalue weighted by molar-refractivity contribution is 7.14. The van der Waals surface area contributed by atoms with E-state index in [0.717, 1.165) is 54.9 Å². The highest BCUT2D eigenvalue weighted by atomic mass is 32.1. The zero-order valence-corrected chi connectivity index (χ0v) is 18.6. The Bertz CT molecular complexity index is 993. The highest BCUT2D eigenvalue weighted by Gasteiger charge is 2.29. The Morgan fingerprint density at radius 3 is 2.65 bits per heavy atom. The minimum Gasteiger partial charge on any atom is -0.486 e. The molecule has 2 aromatic rings. The molecule has 5 rings (SSSR count). The topological polar surface area (TPSA) is 67.9 Å². The van der Waals surface area contributed by atoms with Crippen LogP contribution in [-0.4, -0.2) is 43.0 Å². The van der Waals surface area contributed by atoms with Gasteiger partial charge >= 0.3 is 0 Å². The number of amides is 2. The van der Waals surface area contributed by atoms with Crippen molar-refractivity contribution in [3.05, 3.63) is 39.6 Å². The average molecular weight is 441 g/mol. The molecule has 2 aliphatic heterocycles. The first-order chi connectivity index (χ1) is 15.1. The Morgan fingerprint density at radius 2 is 1.84 bits per heavy atom. The van der Waals surface area contributed by atoms with Gasteiger partial charge in [0.15, 0.2) is 11.5 Å². The number of hydrogen-bond acceptors (Lipinski definition) is 5. The first kappa shape index (κ1) is 20.4. The van der Waals surface area contributed by atoms with E-state index in [2.05, 4.69) is 12.2 Å². The van der Waals surface area contributed by atoms with Crippen molar-refractivity contribution in [2.45, 2.75) is 39.0 Å². The summed E-state index contributed by atoms with van der Waals surface area (Å²) in [4.78, 5) is 29.9. The van der Waals surface area contributed by atoms with Crippen molar-refractivity contribution >= 4 is 28.8 Å². The van der Waals surface area contributed by atoms with Crippen LogP contribution in [0.25, 0.3) is 0 Å². The molecule has 1 aromatic heterocycles. The van der Waals surface area contributed by atoms with E-state index in [9.17, 15) is 9.59 Å². The van der Waals surface area contributed by atoms with Gasteiger partial charge in [-0.25, -0.2) is 0 Å². The van der Waals surface area contributed by atoms with Crippen molar-refractivity contribution in [1.29, 1.82) is 0 Å². The lowest BCUT2D eigenvalue weighted by molar-refractivity contribution is -0.120. The number of hydrogen-bond donors (Lipinski definition) is 1. The summed E-state index contributed by atoms with van der Waals surface area (Å²) in [6, 6.07) is 7.53.